The molecule has 0 spiro atoms. The van der Waals surface area contributed by atoms with Crippen LogP contribution < -0.4 is 14.2 Å². The molecule has 0 N–H and O–H groups in total. The lowest BCUT2D eigenvalue weighted by molar-refractivity contribution is -0.0368. The number of pyridine rings is 1. The van der Waals surface area contributed by atoms with Crippen LogP contribution in [0.3, 0.4) is 0 Å². The van der Waals surface area contributed by atoms with Crippen molar-refractivity contribution in [2.24, 2.45) is 11.3 Å². The van der Waals surface area contributed by atoms with Gasteiger partial charge in [0.1, 0.15) is 17.8 Å². The molecule has 206 valence electrons. The predicted molar refractivity (Wildman–Crippen MR) is 139 cm³/mol. The van der Waals surface area contributed by atoms with Crippen molar-refractivity contribution in [3.63, 3.8) is 0 Å². The second-order valence-electron chi connectivity index (χ2n) is 10.1. The molecule has 0 aliphatic heterocycles. The lowest BCUT2D eigenvalue weighted by atomic mass is 9.62. The molecule has 12 nitrogen and oxygen atoms in total. The summed E-state index contributed by atoms with van der Waals surface area (Å²) in [5.41, 5.74) is 0.835. The summed E-state index contributed by atoms with van der Waals surface area (Å²) in [6, 6.07) is 5.15. The molecule has 0 radical (unpaired) electrons. The summed E-state index contributed by atoms with van der Waals surface area (Å²) in [6.07, 6.45) is 2.66. The first kappa shape index (κ1) is 27.7. The molecule has 13 heteroatoms. The minimum atomic E-state index is -3.75. The van der Waals surface area contributed by atoms with Gasteiger partial charge in [0.2, 0.25) is 17.6 Å². The Morgan fingerprint density at radius 3 is 2.24 bits per heavy atom. The highest BCUT2D eigenvalue weighted by molar-refractivity contribution is 7.91. The van der Waals surface area contributed by atoms with Crippen molar-refractivity contribution < 1.29 is 27.4 Å². The average Bonchev–Trinajstić information content (AvgIpc) is 3.29. The first-order valence-corrected chi connectivity index (χ1v) is 13.9. The van der Waals surface area contributed by atoms with E-state index in [0.29, 0.717) is 11.6 Å². The van der Waals surface area contributed by atoms with Gasteiger partial charge in [0.25, 0.3) is 0 Å². The summed E-state index contributed by atoms with van der Waals surface area (Å²) >= 11 is 0. The second-order valence-corrected chi connectivity index (χ2v) is 12.5. The Bertz CT molecular complexity index is 1360. The highest BCUT2D eigenvalue weighted by atomic mass is 32.2. The Morgan fingerprint density at radius 1 is 1.03 bits per heavy atom. The maximum Gasteiger partial charge on any atom is 0.245 e. The molecule has 0 saturated heterocycles. The fourth-order valence-corrected chi connectivity index (χ4v) is 6.73. The topological polar surface area (TPSA) is 140 Å². The van der Waals surface area contributed by atoms with E-state index < -0.39 is 26.9 Å². The van der Waals surface area contributed by atoms with Crippen LogP contribution in [0.5, 0.6) is 17.6 Å². The highest BCUT2D eigenvalue weighted by Gasteiger charge is 2.45. The lowest BCUT2D eigenvalue weighted by Gasteiger charge is -2.47. The van der Waals surface area contributed by atoms with E-state index in [4.69, 9.17) is 18.9 Å². The van der Waals surface area contributed by atoms with Crippen LogP contribution in [-0.4, -0.2) is 77.9 Å². The van der Waals surface area contributed by atoms with Crippen molar-refractivity contribution in [2.45, 2.75) is 50.7 Å². The van der Waals surface area contributed by atoms with Crippen LogP contribution in [0, 0.1) is 11.3 Å². The average molecular weight is 547 g/mol. The number of methoxy groups -OCH3 is 4. The molecule has 2 atom stereocenters. The summed E-state index contributed by atoms with van der Waals surface area (Å²) in [4.78, 5) is 12.9. The molecule has 0 bridgehead atoms. The van der Waals surface area contributed by atoms with Gasteiger partial charge in [-0.25, -0.2) is 13.4 Å². The fourth-order valence-electron chi connectivity index (χ4n) is 5.18. The Kier molecular flexibility index (Phi) is 7.88. The summed E-state index contributed by atoms with van der Waals surface area (Å²) in [7, 11) is 2.21. The van der Waals surface area contributed by atoms with E-state index in [-0.39, 0.29) is 40.4 Å². The summed E-state index contributed by atoms with van der Waals surface area (Å²) in [5.74, 6) is 0.788. The monoisotopic (exact) mass is 546 g/mol. The highest BCUT2D eigenvalue weighted by Crippen LogP contribution is 2.48. The minimum Gasteiger partial charge on any atom is -0.481 e. The van der Waals surface area contributed by atoms with Gasteiger partial charge in [0.15, 0.2) is 27.2 Å². The molecule has 0 amide bonds. The molecular weight excluding hydrogens is 512 g/mol. The van der Waals surface area contributed by atoms with E-state index in [1.54, 1.807) is 32.2 Å². The number of sulfone groups is 1. The number of nitrogens with zero attached hydrogens (tertiary/aromatic N) is 6. The number of rotatable bonds is 11. The van der Waals surface area contributed by atoms with Gasteiger partial charge in [-0.3, -0.25) is 4.57 Å². The number of hydrogen-bond donors (Lipinski definition) is 0. The normalized spacial score (nSPS) is 16.9. The summed E-state index contributed by atoms with van der Waals surface area (Å²) < 4.78 is 51.0. The lowest BCUT2D eigenvalue weighted by Crippen LogP contribution is -2.47. The third-order valence-corrected chi connectivity index (χ3v) is 9.04. The Morgan fingerprint density at radius 2 is 1.68 bits per heavy atom. The second kappa shape index (κ2) is 10.8. The van der Waals surface area contributed by atoms with Crippen LogP contribution in [0.15, 0.2) is 24.5 Å². The van der Waals surface area contributed by atoms with Crippen LogP contribution in [0.25, 0.3) is 17.2 Å². The van der Waals surface area contributed by atoms with Gasteiger partial charge in [0, 0.05) is 13.2 Å². The smallest absolute Gasteiger partial charge is 0.245 e. The van der Waals surface area contributed by atoms with Crippen LogP contribution in [0.1, 0.15) is 39.4 Å². The SMILES string of the molecule is COc1cccc(-c2nnc(CS(=O)(=O)[C@H](C)[C@@H](OC)C3CC(C)(C)C3)n2-c2c(OC)ncnc2OC)n1. The van der Waals surface area contributed by atoms with Crippen LogP contribution >= 0.6 is 0 Å². The molecule has 3 aromatic rings. The molecule has 1 saturated carbocycles. The molecule has 1 aliphatic rings. The Labute approximate surface area is 222 Å². The zero-order chi connectivity index (χ0) is 27.7. The predicted octanol–water partition coefficient (Wildman–Crippen LogP) is 2.90. The van der Waals surface area contributed by atoms with Gasteiger partial charge in [-0.1, -0.05) is 19.9 Å². The number of aromatic nitrogens is 6. The first-order chi connectivity index (χ1) is 18.0. The van der Waals surface area contributed by atoms with Crippen LogP contribution in [-0.2, 0) is 20.3 Å². The van der Waals surface area contributed by atoms with E-state index in [2.05, 4.69) is 39.0 Å². The van der Waals surface area contributed by atoms with Crippen LogP contribution in [0.2, 0.25) is 0 Å². The van der Waals surface area contributed by atoms with E-state index in [9.17, 15) is 8.42 Å². The van der Waals surface area contributed by atoms with Gasteiger partial charge in [-0.15, -0.1) is 10.2 Å². The number of ether oxygens (including phenoxy) is 4. The molecule has 3 aromatic heterocycles. The van der Waals surface area contributed by atoms with Crippen molar-refractivity contribution in [1.29, 1.82) is 0 Å². The Balaban J connectivity index is 1.81. The van der Waals surface area contributed by atoms with E-state index >= 15 is 0 Å². The summed E-state index contributed by atoms with van der Waals surface area (Å²) in [6.45, 7) is 6.04. The quantitative estimate of drug-likeness (QED) is 0.350. The minimum absolute atomic E-state index is 0.131. The first-order valence-electron chi connectivity index (χ1n) is 12.2. The molecule has 0 aromatic carbocycles. The third-order valence-electron chi connectivity index (χ3n) is 6.98. The standard InChI is InChI=1S/C25H34N6O6S/c1-15(21(35-5)16-11-25(2,3)12-16)38(32,33)13-18-29-30-22(17-9-8-10-19(28-17)34-4)31(18)20-23(36-6)26-14-27-24(20)37-7/h8-10,14-16,21H,11-13H2,1-7H3/t15-,21-/m1/s1. The Hall–Kier alpha value is -3.32. The van der Waals surface area contributed by atoms with Gasteiger partial charge in [0.05, 0.1) is 32.7 Å². The molecule has 1 fully saturated rings. The molecule has 1 aliphatic carbocycles. The van der Waals surface area contributed by atoms with Crippen LogP contribution in [0.4, 0.5) is 0 Å². The maximum atomic E-state index is 13.8. The zero-order valence-corrected chi connectivity index (χ0v) is 23.5. The largest absolute Gasteiger partial charge is 0.481 e. The molecule has 0 unspecified atom stereocenters. The molecular formula is C25H34N6O6S. The van der Waals surface area contributed by atoms with Gasteiger partial charge < -0.3 is 18.9 Å². The van der Waals surface area contributed by atoms with E-state index in [1.165, 1.54) is 32.2 Å². The third kappa shape index (κ3) is 5.30. The van der Waals surface area contributed by atoms with E-state index in [0.717, 1.165) is 12.8 Å². The van der Waals surface area contributed by atoms with Crippen molar-refractivity contribution in [1.82, 2.24) is 29.7 Å². The maximum absolute atomic E-state index is 13.8. The zero-order valence-electron chi connectivity index (χ0n) is 22.7. The summed E-state index contributed by atoms with van der Waals surface area (Å²) in [5, 5.41) is 7.82. The fraction of sp³-hybridized carbons (Fsp3) is 0.560. The van der Waals surface area contributed by atoms with Crippen molar-refractivity contribution in [2.75, 3.05) is 28.4 Å². The van der Waals surface area contributed by atoms with Crippen molar-refractivity contribution in [3.05, 3.63) is 30.4 Å². The van der Waals surface area contributed by atoms with Crippen molar-refractivity contribution >= 4 is 9.84 Å². The van der Waals surface area contributed by atoms with Gasteiger partial charge >= 0.3 is 0 Å². The van der Waals surface area contributed by atoms with Gasteiger partial charge in [-0.05, 0) is 37.2 Å². The van der Waals surface area contributed by atoms with E-state index in [1.807, 2.05) is 0 Å². The number of hydrogen-bond acceptors (Lipinski definition) is 11. The van der Waals surface area contributed by atoms with Crippen molar-refractivity contribution in [3.8, 4) is 34.8 Å². The molecule has 4 rings (SSSR count). The molecule has 3 heterocycles. The molecule has 38 heavy (non-hydrogen) atoms. The van der Waals surface area contributed by atoms with Gasteiger partial charge in [-0.2, -0.15) is 9.97 Å².